The summed E-state index contributed by atoms with van der Waals surface area (Å²) >= 11 is 0. The van der Waals surface area contributed by atoms with E-state index in [4.69, 9.17) is 9.47 Å². The fraction of sp³-hybridized carbons (Fsp3) is 0.267. The van der Waals surface area contributed by atoms with Crippen LogP contribution in [0.3, 0.4) is 0 Å². The number of ether oxygens (including phenoxy) is 2. The van der Waals surface area contributed by atoms with Gasteiger partial charge >= 0.3 is 5.69 Å². The third kappa shape index (κ3) is 5.19. The van der Waals surface area contributed by atoms with E-state index >= 15 is 0 Å². The molecule has 1 aromatic heterocycles. The molecular formula is C15H18N6O5. The van der Waals surface area contributed by atoms with Gasteiger partial charge in [0.2, 0.25) is 5.82 Å². The lowest BCUT2D eigenvalue weighted by Gasteiger charge is -2.09. The molecule has 1 amide bonds. The molecule has 4 N–H and O–H groups in total. The van der Waals surface area contributed by atoms with Gasteiger partial charge in [-0.3, -0.25) is 14.6 Å². The number of nitrogens with one attached hydrogen (secondary N) is 4. The molecule has 2 aromatic rings. The van der Waals surface area contributed by atoms with Gasteiger partial charge in [0.15, 0.2) is 11.5 Å². The topological polar surface area (TPSA) is 151 Å². The molecule has 11 heteroatoms. The zero-order valence-electron chi connectivity index (χ0n) is 14.2. The normalized spacial score (nSPS) is 10.5. The average Bonchev–Trinajstić information content (AvgIpc) is 2.62. The van der Waals surface area contributed by atoms with Crippen LogP contribution in [0.1, 0.15) is 12.5 Å². The maximum Gasteiger partial charge on any atom is 0.342 e. The van der Waals surface area contributed by atoms with E-state index in [-0.39, 0.29) is 12.4 Å². The van der Waals surface area contributed by atoms with E-state index in [0.29, 0.717) is 23.7 Å². The maximum atomic E-state index is 11.7. The lowest BCUT2D eigenvalue weighted by atomic mass is 10.2. The van der Waals surface area contributed by atoms with E-state index in [1.807, 2.05) is 17.0 Å². The molecule has 0 unspecified atom stereocenters. The minimum Gasteiger partial charge on any atom is -0.493 e. The van der Waals surface area contributed by atoms with Gasteiger partial charge in [-0.05, 0) is 30.7 Å². The molecule has 0 atom stereocenters. The summed E-state index contributed by atoms with van der Waals surface area (Å²) in [4.78, 5) is 35.9. The van der Waals surface area contributed by atoms with Crippen LogP contribution in [0.25, 0.3) is 0 Å². The van der Waals surface area contributed by atoms with Gasteiger partial charge in [0, 0.05) is 0 Å². The number of hydrogen-bond acceptors (Lipinski definition) is 8. The van der Waals surface area contributed by atoms with Crippen LogP contribution in [0.5, 0.6) is 11.5 Å². The standard InChI is InChI=1S/C15H18N6O5/c1-3-26-10-5-4-9(6-11(10)25-2)7-17-19-12(22)8-16-13-14(23)18-15(24)21-20-13/h4-7H,3,8H2,1-2H3,(H,16,20)(H,19,22)(H2,18,21,23,24)/b17-7+. The number of rotatable bonds is 8. The van der Waals surface area contributed by atoms with Crippen LogP contribution in [-0.2, 0) is 4.79 Å². The minimum absolute atomic E-state index is 0.181. The number of amides is 1. The lowest BCUT2D eigenvalue weighted by Crippen LogP contribution is -2.31. The van der Waals surface area contributed by atoms with Crippen molar-refractivity contribution < 1.29 is 14.3 Å². The summed E-state index contributed by atoms with van der Waals surface area (Å²) in [5.41, 5.74) is 1.52. The van der Waals surface area contributed by atoms with E-state index in [9.17, 15) is 14.4 Å². The quantitative estimate of drug-likeness (QED) is 0.362. The number of anilines is 1. The summed E-state index contributed by atoms with van der Waals surface area (Å²) in [6, 6.07) is 5.20. The van der Waals surface area contributed by atoms with Gasteiger partial charge < -0.3 is 14.8 Å². The first-order valence-electron chi connectivity index (χ1n) is 7.59. The summed E-state index contributed by atoms with van der Waals surface area (Å²) in [5.74, 6) is 0.470. The van der Waals surface area contributed by atoms with Gasteiger partial charge in [0.1, 0.15) is 0 Å². The van der Waals surface area contributed by atoms with Crippen LogP contribution < -0.4 is 31.5 Å². The van der Waals surface area contributed by atoms with E-state index in [2.05, 4.69) is 20.9 Å². The number of methoxy groups -OCH3 is 1. The molecule has 0 spiro atoms. The van der Waals surface area contributed by atoms with Crippen molar-refractivity contribution in [2.45, 2.75) is 6.92 Å². The number of carbonyl (C=O) groups is 1. The van der Waals surface area contributed by atoms with Crippen molar-refractivity contribution in [3.8, 4) is 11.5 Å². The Morgan fingerprint density at radius 2 is 2.15 bits per heavy atom. The third-order valence-corrected chi connectivity index (χ3v) is 3.02. The molecule has 0 aliphatic carbocycles. The van der Waals surface area contributed by atoms with Crippen LogP contribution in [0, 0.1) is 0 Å². The number of benzene rings is 1. The van der Waals surface area contributed by atoms with Crippen molar-refractivity contribution in [1.29, 1.82) is 0 Å². The molecule has 0 radical (unpaired) electrons. The first-order valence-corrected chi connectivity index (χ1v) is 7.59. The molecule has 11 nitrogen and oxygen atoms in total. The van der Waals surface area contributed by atoms with Gasteiger partial charge in [0.05, 0.1) is 26.5 Å². The molecule has 138 valence electrons. The number of carbonyl (C=O) groups excluding carboxylic acids is 1. The van der Waals surface area contributed by atoms with Gasteiger partial charge in [-0.15, -0.1) is 5.10 Å². The van der Waals surface area contributed by atoms with E-state index in [1.54, 1.807) is 18.2 Å². The van der Waals surface area contributed by atoms with E-state index in [1.165, 1.54) is 13.3 Å². The van der Waals surface area contributed by atoms with Crippen LogP contribution in [0.15, 0.2) is 32.9 Å². The molecule has 1 aromatic carbocycles. The van der Waals surface area contributed by atoms with Crippen LogP contribution in [0.2, 0.25) is 0 Å². The molecule has 26 heavy (non-hydrogen) atoms. The number of nitrogens with zero attached hydrogens (tertiary/aromatic N) is 2. The summed E-state index contributed by atoms with van der Waals surface area (Å²) < 4.78 is 10.6. The Bertz CT molecular complexity index is 904. The highest BCUT2D eigenvalue weighted by atomic mass is 16.5. The Balaban J connectivity index is 1.90. The lowest BCUT2D eigenvalue weighted by molar-refractivity contribution is -0.119. The molecule has 2 rings (SSSR count). The number of hydrogen-bond donors (Lipinski definition) is 4. The second kappa shape index (κ2) is 9.01. The first kappa shape index (κ1) is 18.7. The van der Waals surface area contributed by atoms with Gasteiger partial charge in [-0.25, -0.2) is 15.3 Å². The SMILES string of the molecule is CCOc1ccc(/C=N/NC(=O)CNc2n[nH]c(=O)[nH]c2=O)cc1OC. The predicted molar refractivity (Wildman–Crippen MR) is 93.9 cm³/mol. The first-order chi connectivity index (χ1) is 12.5. The molecule has 0 saturated heterocycles. The van der Waals surface area contributed by atoms with E-state index < -0.39 is 17.2 Å². The Labute approximate surface area is 147 Å². The second-order valence-electron chi connectivity index (χ2n) is 4.85. The van der Waals surface area contributed by atoms with Gasteiger partial charge in [-0.2, -0.15) is 5.10 Å². The highest BCUT2D eigenvalue weighted by Crippen LogP contribution is 2.27. The molecule has 0 aliphatic heterocycles. The van der Waals surface area contributed by atoms with Crippen molar-refractivity contribution >= 4 is 17.9 Å². The number of H-pyrrole nitrogens is 2. The van der Waals surface area contributed by atoms with Gasteiger partial charge in [-0.1, -0.05) is 0 Å². The Morgan fingerprint density at radius 1 is 1.35 bits per heavy atom. The van der Waals surface area contributed by atoms with Gasteiger partial charge in [0.25, 0.3) is 11.5 Å². The third-order valence-electron chi connectivity index (χ3n) is 3.02. The fourth-order valence-electron chi connectivity index (χ4n) is 1.89. The Hall–Kier alpha value is -3.63. The summed E-state index contributed by atoms with van der Waals surface area (Å²) in [6.45, 7) is 2.13. The molecule has 0 saturated carbocycles. The zero-order valence-corrected chi connectivity index (χ0v) is 14.2. The number of aromatic amines is 2. The molecule has 1 heterocycles. The van der Waals surface area contributed by atoms with Crippen molar-refractivity contribution in [2.24, 2.45) is 5.10 Å². The maximum absolute atomic E-state index is 11.7. The molecular weight excluding hydrogens is 344 g/mol. The Kier molecular flexibility index (Phi) is 6.48. The highest BCUT2D eigenvalue weighted by molar-refractivity contribution is 5.84. The average molecular weight is 362 g/mol. The minimum atomic E-state index is -0.736. The molecule has 0 aliphatic rings. The number of hydrazone groups is 1. The number of aromatic nitrogens is 3. The smallest absolute Gasteiger partial charge is 0.342 e. The van der Waals surface area contributed by atoms with Crippen molar-refractivity contribution in [3.63, 3.8) is 0 Å². The summed E-state index contributed by atoms with van der Waals surface area (Å²) in [5, 5.41) is 11.8. The second-order valence-corrected chi connectivity index (χ2v) is 4.85. The Morgan fingerprint density at radius 3 is 2.85 bits per heavy atom. The van der Waals surface area contributed by atoms with E-state index in [0.717, 1.165) is 0 Å². The summed E-state index contributed by atoms with van der Waals surface area (Å²) in [6.07, 6.45) is 1.43. The van der Waals surface area contributed by atoms with Crippen molar-refractivity contribution in [1.82, 2.24) is 20.6 Å². The monoisotopic (exact) mass is 362 g/mol. The zero-order chi connectivity index (χ0) is 18.9. The fourth-order valence-corrected chi connectivity index (χ4v) is 1.89. The van der Waals surface area contributed by atoms with Crippen molar-refractivity contribution in [2.75, 3.05) is 25.6 Å². The molecule has 0 bridgehead atoms. The predicted octanol–water partition coefficient (Wildman–Crippen LogP) is -0.572. The highest BCUT2D eigenvalue weighted by Gasteiger charge is 2.06. The largest absolute Gasteiger partial charge is 0.493 e. The van der Waals surface area contributed by atoms with Crippen molar-refractivity contribution in [3.05, 3.63) is 44.6 Å². The summed E-state index contributed by atoms with van der Waals surface area (Å²) in [7, 11) is 1.53. The molecule has 0 fully saturated rings. The van der Waals surface area contributed by atoms with Crippen LogP contribution in [0.4, 0.5) is 5.82 Å². The van der Waals surface area contributed by atoms with Crippen LogP contribution in [-0.4, -0.2) is 47.6 Å². The van der Waals surface area contributed by atoms with Crippen LogP contribution >= 0.6 is 0 Å².